The van der Waals surface area contributed by atoms with Crippen LogP contribution in [0.2, 0.25) is 0 Å². The smallest absolute Gasteiger partial charge is 0.141 e. The Morgan fingerprint density at radius 3 is 2.70 bits per heavy atom. The van der Waals surface area contributed by atoms with Crippen LogP contribution < -0.4 is 5.73 Å². The molecule has 2 aromatic carbocycles. The highest BCUT2D eigenvalue weighted by Gasteiger charge is 2.48. The molecule has 0 radical (unpaired) electrons. The molecular weight excluding hydrogens is 337 g/mol. The molecule has 3 nitrogen and oxygen atoms in total. The average Bonchev–Trinajstić information content (AvgIpc) is 3.45. The van der Waals surface area contributed by atoms with Crippen molar-refractivity contribution in [2.45, 2.75) is 56.1 Å². The standard InChI is InChI=1S/C23H24FN3/c24-21-10-15(6-7-16(21)12-25)19-2-1-3-20(23(19)14-4-5-14)22-11-17-8-9-18(13-26)27(17)22/h1-3,6-7,10,14,17-18,22H,4-5,8-9,11,13,26H2. The molecule has 2 heterocycles. The van der Waals surface area contributed by atoms with Gasteiger partial charge >= 0.3 is 0 Å². The lowest BCUT2D eigenvalue weighted by Crippen LogP contribution is -2.52. The first kappa shape index (κ1) is 16.9. The van der Waals surface area contributed by atoms with Crippen LogP contribution in [0.4, 0.5) is 4.39 Å². The molecule has 2 aliphatic heterocycles. The maximum absolute atomic E-state index is 14.2. The summed E-state index contributed by atoms with van der Waals surface area (Å²) in [5, 5.41) is 9.02. The fourth-order valence-electron chi connectivity index (χ4n) is 5.22. The molecule has 2 saturated heterocycles. The lowest BCUT2D eigenvalue weighted by Gasteiger charge is -2.48. The molecule has 3 unspecified atom stereocenters. The molecule has 3 aliphatic rings. The van der Waals surface area contributed by atoms with Gasteiger partial charge < -0.3 is 5.73 Å². The summed E-state index contributed by atoms with van der Waals surface area (Å²) in [5.74, 6) is 0.140. The Morgan fingerprint density at radius 1 is 1.15 bits per heavy atom. The van der Waals surface area contributed by atoms with Crippen LogP contribution in [-0.2, 0) is 0 Å². The number of benzene rings is 2. The zero-order chi connectivity index (χ0) is 18.5. The molecule has 138 valence electrons. The van der Waals surface area contributed by atoms with Crippen molar-refractivity contribution in [2.75, 3.05) is 6.54 Å². The molecule has 2 N–H and O–H groups in total. The normalized spacial score (nSPS) is 27.1. The number of nitrogens with two attached hydrogens (primary N) is 1. The van der Waals surface area contributed by atoms with Gasteiger partial charge in [-0.1, -0.05) is 24.3 Å². The fraction of sp³-hybridized carbons (Fsp3) is 0.435. The van der Waals surface area contributed by atoms with Gasteiger partial charge in [0.25, 0.3) is 0 Å². The van der Waals surface area contributed by atoms with E-state index in [-0.39, 0.29) is 5.56 Å². The van der Waals surface area contributed by atoms with Gasteiger partial charge in [0.2, 0.25) is 0 Å². The lowest BCUT2D eigenvalue weighted by atomic mass is 9.82. The Hall–Kier alpha value is -2.22. The summed E-state index contributed by atoms with van der Waals surface area (Å²) in [6.07, 6.45) is 6.09. The van der Waals surface area contributed by atoms with E-state index in [4.69, 9.17) is 11.0 Å². The van der Waals surface area contributed by atoms with Gasteiger partial charge in [-0.15, -0.1) is 0 Å². The first-order chi connectivity index (χ1) is 13.2. The maximum Gasteiger partial charge on any atom is 0.141 e. The molecule has 5 rings (SSSR count). The van der Waals surface area contributed by atoms with Crippen LogP contribution in [0.1, 0.15) is 60.8 Å². The molecular formula is C23H24FN3. The summed E-state index contributed by atoms with van der Waals surface area (Å²) in [7, 11) is 0. The van der Waals surface area contributed by atoms with Crippen LogP contribution in [0, 0.1) is 17.1 Å². The molecule has 4 heteroatoms. The zero-order valence-electron chi connectivity index (χ0n) is 15.4. The molecule has 0 spiro atoms. The van der Waals surface area contributed by atoms with E-state index in [1.165, 1.54) is 49.3 Å². The number of fused-ring (bicyclic) bond motifs is 1. The topological polar surface area (TPSA) is 53.1 Å². The van der Waals surface area contributed by atoms with E-state index in [9.17, 15) is 4.39 Å². The summed E-state index contributed by atoms with van der Waals surface area (Å²) in [6, 6.07) is 15.0. The maximum atomic E-state index is 14.2. The highest BCUT2D eigenvalue weighted by atomic mass is 19.1. The zero-order valence-corrected chi connectivity index (χ0v) is 15.4. The molecule has 1 saturated carbocycles. The van der Waals surface area contributed by atoms with Crippen LogP contribution in [0.25, 0.3) is 11.1 Å². The second-order valence-corrected chi connectivity index (χ2v) is 8.21. The minimum atomic E-state index is -0.436. The van der Waals surface area contributed by atoms with Crippen LogP contribution in [0.3, 0.4) is 0 Å². The SMILES string of the molecule is N#Cc1ccc(-c2cccc(C3CC4CCC(CN)N43)c2C2CC2)cc1F. The van der Waals surface area contributed by atoms with E-state index in [1.807, 2.05) is 12.1 Å². The molecule has 1 aliphatic carbocycles. The van der Waals surface area contributed by atoms with Gasteiger partial charge in [-0.2, -0.15) is 5.26 Å². The molecule has 0 bridgehead atoms. The minimum absolute atomic E-state index is 0.104. The Morgan fingerprint density at radius 2 is 2.00 bits per heavy atom. The second-order valence-electron chi connectivity index (χ2n) is 8.21. The molecule has 2 aromatic rings. The van der Waals surface area contributed by atoms with Crippen LogP contribution in [-0.4, -0.2) is 23.5 Å². The highest BCUT2D eigenvalue weighted by Crippen LogP contribution is 2.53. The van der Waals surface area contributed by atoms with Crippen molar-refractivity contribution in [3.05, 3.63) is 58.9 Å². The fourth-order valence-corrected chi connectivity index (χ4v) is 5.22. The van der Waals surface area contributed by atoms with Gasteiger partial charge in [0.05, 0.1) is 5.56 Å². The quantitative estimate of drug-likeness (QED) is 0.874. The van der Waals surface area contributed by atoms with Gasteiger partial charge in [-0.05, 0) is 72.4 Å². The van der Waals surface area contributed by atoms with Crippen LogP contribution in [0.15, 0.2) is 36.4 Å². The second kappa shape index (κ2) is 6.44. The van der Waals surface area contributed by atoms with Crippen molar-refractivity contribution in [1.29, 1.82) is 5.26 Å². The van der Waals surface area contributed by atoms with Crippen molar-refractivity contribution in [3.8, 4) is 17.2 Å². The third-order valence-corrected chi connectivity index (χ3v) is 6.69. The van der Waals surface area contributed by atoms with Gasteiger partial charge in [-0.3, -0.25) is 4.90 Å². The summed E-state index contributed by atoms with van der Waals surface area (Å²) < 4.78 is 14.2. The number of rotatable bonds is 4. The monoisotopic (exact) mass is 361 g/mol. The first-order valence-electron chi connectivity index (χ1n) is 10.0. The summed E-state index contributed by atoms with van der Waals surface area (Å²) in [4.78, 5) is 2.63. The van der Waals surface area contributed by atoms with Crippen LogP contribution >= 0.6 is 0 Å². The van der Waals surface area contributed by atoms with Gasteiger partial charge in [-0.25, -0.2) is 4.39 Å². The van der Waals surface area contributed by atoms with Crippen molar-refractivity contribution >= 4 is 0 Å². The van der Waals surface area contributed by atoms with Gasteiger partial charge in [0.1, 0.15) is 11.9 Å². The van der Waals surface area contributed by atoms with Crippen molar-refractivity contribution < 1.29 is 4.39 Å². The Labute approximate surface area is 159 Å². The third kappa shape index (κ3) is 2.69. The van der Waals surface area contributed by atoms with E-state index >= 15 is 0 Å². The number of hydrogen-bond donors (Lipinski definition) is 1. The number of halogens is 1. The van der Waals surface area contributed by atoms with E-state index in [0.717, 1.165) is 17.7 Å². The van der Waals surface area contributed by atoms with Gasteiger partial charge in [0.15, 0.2) is 0 Å². The van der Waals surface area contributed by atoms with Crippen molar-refractivity contribution in [1.82, 2.24) is 4.90 Å². The third-order valence-electron chi connectivity index (χ3n) is 6.69. The van der Waals surface area contributed by atoms with Crippen molar-refractivity contribution in [2.24, 2.45) is 5.73 Å². The van der Waals surface area contributed by atoms with Crippen molar-refractivity contribution in [3.63, 3.8) is 0 Å². The minimum Gasteiger partial charge on any atom is -0.329 e. The first-order valence-corrected chi connectivity index (χ1v) is 10.0. The molecule has 3 fully saturated rings. The average molecular weight is 361 g/mol. The van der Waals surface area contributed by atoms with E-state index in [1.54, 1.807) is 6.07 Å². The predicted octanol–water partition coefficient (Wildman–Crippen LogP) is 4.48. The Bertz CT molecular complexity index is 928. The Kier molecular flexibility index (Phi) is 4.03. The van der Waals surface area contributed by atoms with Crippen LogP contribution in [0.5, 0.6) is 0 Å². The number of nitriles is 1. The molecule has 0 amide bonds. The molecule has 0 aromatic heterocycles. The van der Waals surface area contributed by atoms with E-state index < -0.39 is 5.82 Å². The van der Waals surface area contributed by atoms with Gasteiger partial charge in [0, 0.05) is 24.7 Å². The number of nitrogens with zero attached hydrogens (tertiary/aromatic N) is 2. The lowest BCUT2D eigenvalue weighted by molar-refractivity contribution is 0.0194. The van der Waals surface area contributed by atoms with E-state index in [2.05, 4.69) is 23.1 Å². The van der Waals surface area contributed by atoms with E-state index in [0.29, 0.717) is 24.0 Å². The summed E-state index contributed by atoms with van der Waals surface area (Å²) in [5.41, 5.74) is 10.9. The summed E-state index contributed by atoms with van der Waals surface area (Å²) >= 11 is 0. The Balaban J connectivity index is 1.58. The molecule has 3 atom stereocenters. The highest BCUT2D eigenvalue weighted by molar-refractivity contribution is 5.71. The number of hydrogen-bond acceptors (Lipinski definition) is 3. The summed E-state index contributed by atoms with van der Waals surface area (Å²) in [6.45, 7) is 0.728. The predicted molar refractivity (Wildman–Crippen MR) is 104 cm³/mol. The largest absolute Gasteiger partial charge is 0.329 e. The molecule has 27 heavy (non-hydrogen) atoms.